The van der Waals surface area contributed by atoms with Gasteiger partial charge in [0.25, 0.3) is 0 Å². The first kappa shape index (κ1) is 18.0. The molecule has 0 saturated carbocycles. The summed E-state index contributed by atoms with van der Waals surface area (Å²) in [5.74, 6) is 0. The highest BCUT2D eigenvalue weighted by Crippen LogP contribution is 2.28. The molecule has 3 heteroatoms. The Kier molecular flexibility index (Phi) is 4.79. The monoisotopic (exact) mass is 396 g/mol. The number of nitrogens with one attached hydrogen (secondary N) is 1. The molecule has 0 fully saturated rings. The highest BCUT2D eigenvalue weighted by atomic mass is 35.5. The predicted octanol–water partition coefficient (Wildman–Crippen LogP) is 6.37. The van der Waals surface area contributed by atoms with Crippen molar-refractivity contribution in [2.24, 2.45) is 4.99 Å². The van der Waals surface area contributed by atoms with E-state index < -0.39 is 0 Å². The van der Waals surface area contributed by atoms with Crippen molar-refractivity contribution in [3.05, 3.63) is 113 Å². The summed E-state index contributed by atoms with van der Waals surface area (Å²) in [5, 5.41) is 6.90. The van der Waals surface area contributed by atoms with Crippen LogP contribution >= 0.6 is 11.6 Å². The Bertz CT molecular complexity index is 1190. The van der Waals surface area contributed by atoms with Gasteiger partial charge in [0.2, 0.25) is 0 Å². The fourth-order valence-electron chi connectivity index (χ4n) is 4.06. The number of anilines is 1. The molecular formula is C26H21ClN2. The molecule has 0 aromatic heterocycles. The first-order valence-electron chi connectivity index (χ1n) is 9.91. The lowest BCUT2D eigenvalue weighted by atomic mass is 9.98. The smallest absolute Gasteiger partial charge is 0.0744 e. The third-order valence-electron chi connectivity index (χ3n) is 5.46. The van der Waals surface area contributed by atoms with E-state index in [2.05, 4.69) is 78.1 Å². The molecular weight excluding hydrogens is 376 g/mol. The van der Waals surface area contributed by atoms with Crippen LogP contribution in [0.5, 0.6) is 0 Å². The Hall–Kier alpha value is -3.10. The average molecular weight is 397 g/mol. The van der Waals surface area contributed by atoms with E-state index in [0.29, 0.717) is 0 Å². The summed E-state index contributed by atoms with van der Waals surface area (Å²) in [6.07, 6.45) is 0.881. The number of fused-ring (bicyclic) bond motifs is 2. The van der Waals surface area contributed by atoms with Gasteiger partial charge in [0, 0.05) is 28.4 Å². The molecule has 2 nitrogen and oxygen atoms in total. The largest absolute Gasteiger partial charge is 0.382 e. The molecule has 1 heterocycles. The van der Waals surface area contributed by atoms with E-state index in [4.69, 9.17) is 16.6 Å². The maximum atomic E-state index is 6.33. The van der Waals surface area contributed by atoms with E-state index in [1.807, 2.05) is 18.2 Å². The quantitative estimate of drug-likeness (QED) is 0.427. The van der Waals surface area contributed by atoms with Crippen molar-refractivity contribution in [3.8, 4) is 0 Å². The summed E-state index contributed by atoms with van der Waals surface area (Å²) >= 11 is 6.33. The minimum atomic E-state index is 0.127. The molecule has 0 spiro atoms. The third kappa shape index (κ3) is 3.64. The SMILES string of the molecule is Clc1ccc2c(c1)C(c1ccccc1)=NC(Cc1cccc3ccccc13)CN2. The minimum Gasteiger partial charge on any atom is -0.382 e. The second-order valence-electron chi connectivity index (χ2n) is 7.41. The lowest BCUT2D eigenvalue weighted by Gasteiger charge is -2.14. The molecule has 0 saturated heterocycles. The van der Waals surface area contributed by atoms with Crippen LogP contribution in [0.4, 0.5) is 5.69 Å². The Morgan fingerprint density at radius 1 is 0.862 bits per heavy atom. The van der Waals surface area contributed by atoms with Gasteiger partial charge >= 0.3 is 0 Å². The molecule has 1 aliphatic rings. The predicted molar refractivity (Wildman–Crippen MR) is 123 cm³/mol. The first-order valence-corrected chi connectivity index (χ1v) is 10.3. The topological polar surface area (TPSA) is 24.4 Å². The van der Waals surface area contributed by atoms with E-state index in [0.717, 1.165) is 40.5 Å². The highest BCUT2D eigenvalue weighted by molar-refractivity contribution is 6.31. The molecule has 0 bridgehead atoms. The van der Waals surface area contributed by atoms with Gasteiger partial charge in [-0.25, -0.2) is 0 Å². The number of aliphatic imine (C=N–C) groups is 1. The van der Waals surface area contributed by atoms with E-state index in [1.54, 1.807) is 0 Å². The third-order valence-corrected chi connectivity index (χ3v) is 5.69. The molecule has 0 radical (unpaired) electrons. The van der Waals surface area contributed by atoms with Gasteiger partial charge < -0.3 is 5.32 Å². The second-order valence-corrected chi connectivity index (χ2v) is 7.85. The van der Waals surface area contributed by atoms with Crippen molar-refractivity contribution >= 4 is 33.8 Å². The van der Waals surface area contributed by atoms with Gasteiger partial charge in [-0.1, -0.05) is 84.4 Å². The Morgan fingerprint density at radius 3 is 2.55 bits per heavy atom. The lowest BCUT2D eigenvalue weighted by molar-refractivity contribution is 0.709. The van der Waals surface area contributed by atoms with Crippen molar-refractivity contribution in [2.75, 3.05) is 11.9 Å². The van der Waals surface area contributed by atoms with E-state index in [9.17, 15) is 0 Å². The zero-order valence-electron chi connectivity index (χ0n) is 16.0. The zero-order chi connectivity index (χ0) is 19.6. The van der Waals surface area contributed by atoms with Gasteiger partial charge in [0.05, 0.1) is 11.8 Å². The normalized spacial score (nSPS) is 15.9. The van der Waals surface area contributed by atoms with Crippen LogP contribution in [-0.2, 0) is 6.42 Å². The fraction of sp³-hybridized carbons (Fsp3) is 0.115. The molecule has 5 rings (SSSR count). The van der Waals surface area contributed by atoms with Crippen LogP contribution in [0.25, 0.3) is 10.8 Å². The van der Waals surface area contributed by atoms with Crippen LogP contribution in [0.2, 0.25) is 5.02 Å². The highest BCUT2D eigenvalue weighted by Gasteiger charge is 2.20. The van der Waals surface area contributed by atoms with E-state index in [-0.39, 0.29) is 6.04 Å². The van der Waals surface area contributed by atoms with Gasteiger partial charge in [0.15, 0.2) is 0 Å². The van der Waals surface area contributed by atoms with Crippen LogP contribution in [0, 0.1) is 0 Å². The molecule has 4 aromatic carbocycles. The Morgan fingerprint density at radius 2 is 1.66 bits per heavy atom. The Labute approximate surface area is 175 Å². The molecule has 1 atom stereocenters. The maximum absolute atomic E-state index is 6.33. The van der Waals surface area contributed by atoms with Crippen molar-refractivity contribution in [1.82, 2.24) is 0 Å². The molecule has 0 amide bonds. The molecule has 1 aliphatic heterocycles. The standard InChI is InChI=1S/C26H21ClN2/c27-21-13-14-25-24(16-21)26(19-8-2-1-3-9-19)29-22(17-28-25)15-20-11-6-10-18-7-4-5-12-23(18)20/h1-14,16,22,28H,15,17H2. The van der Waals surface area contributed by atoms with Crippen LogP contribution in [0.1, 0.15) is 16.7 Å². The van der Waals surface area contributed by atoms with Gasteiger partial charge in [-0.15, -0.1) is 0 Å². The second kappa shape index (κ2) is 7.73. The summed E-state index contributed by atoms with van der Waals surface area (Å²) < 4.78 is 0. The Balaban J connectivity index is 1.59. The molecule has 142 valence electrons. The number of benzene rings is 4. The number of halogens is 1. The molecule has 1 unspecified atom stereocenters. The van der Waals surface area contributed by atoms with Crippen molar-refractivity contribution in [2.45, 2.75) is 12.5 Å². The number of nitrogens with zero attached hydrogens (tertiary/aromatic N) is 1. The molecule has 29 heavy (non-hydrogen) atoms. The summed E-state index contributed by atoms with van der Waals surface area (Å²) in [6, 6.07) is 31.6. The van der Waals surface area contributed by atoms with Gasteiger partial charge in [0.1, 0.15) is 0 Å². The van der Waals surface area contributed by atoms with Gasteiger partial charge in [-0.3, -0.25) is 4.99 Å². The van der Waals surface area contributed by atoms with Crippen molar-refractivity contribution < 1.29 is 0 Å². The number of hydrogen-bond acceptors (Lipinski definition) is 2. The maximum Gasteiger partial charge on any atom is 0.0744 e. The number of hydrogen-bond donors (Lipinski definition) is 1. The molecule has 0 aliphatic carbocycles. The summed E-state index contributed by atoms with van der Waals surface area (Å²) in [7, 11) is 0. The van der Waals surface area contributed by atoms with E-state index in [1.165, 1.54) is 16.3 Å². The molecule has 1 N–H and O–H groups in total. The van der Waals surface area contributed by atoms with Gasteiger partial charge in [-0.2, -0.15) is 0 Å². The molecule has 4 aromatic rings. The lowest BCUT2D eigenvalue weighted by Crippen LogP contribution is -2.20. The van der Waals surface area contributed by atoms with E-state index >= 15 is 0 Å². The summed E-state index contributed by atoms with van der Waals surface area (Å²) in [6.45, 7) is 0.786. The van der Waals surface area contributed by atoms with Crippen LogP contribution in [-0.4, -0.2) is 18.3 Å². The summed E-state index contributed by atoms with van der Waals surface area (Å²) in [4.78, 5) is 5.23. The zero-order valence-corrected chi connectivity index (χ0v) is 16.7. The van der Waals surface area contributed by atoms with Crippen LogP contribution in [0.3, 0.4) is 0 Å². The number of benzodiazepines with no additional fused rings is 1. The minimum absolute atomic E-state index is 0.127. The van der Waals surface area contributed by atoms with Crippen LogP contribution in [0.15, 0.2) is 96.0 Å². The average Bonchev–Trinajstić information content (AvgIpc) is 2.94. The van der Waals surface area contributed by atoms with Crippen LogP contribution < -0.4 is 5.32 Å². The van der Waals surface area contributed by atoms with Crippen molar-refractivity contribution in [1.29, 1.82) is 0 Å². The first-order chi connectivity index (χ1) is 14.3. The van der Waals surface area contributed by atoms with Crippen molar-refractivity contribution in [3.63, 3.8) is 0 Å². The summed E-state index contributed by atoms with van der Waals surface area (Å²) in [5.41, 5.74) is 5.58. The fourth-order valence-corrected chi connectivity index (χ4v) is 4.23. The number of rotatable bonds is 3. The van der Waals surface area contributed by atoms with Gasteiger partial charge in [-0.05, 0) is 41.0 Å².